The van der Waals surface area contributed by atoms with E-state index in [1.165, 1.54) is 16.8 Å². The minimum absolute atomic E-state index is 0. The molecule has 0 aliphatic rings. The zero-order valence-electron chi connectivity index (χ0n) is 14.6. The molecule has 2 aromatic carbocycles. The molecule has 0 heterocycles. The van der Waals surface area contributed by atoms with Crippen molar-refractivity contribution in [3.63, 3.8) is 0 Å². The molecular formula is C19H27IN4. The number of nitrogens with two attached hydrogens (primary N) is 1. The Kier molecular flexibility index (Phi) is 8.60. The van der Waals surface area contributed by atoms with E-state index in [2.05, 4.69) is 78.6 Å². The molecule has 2 rings (SSSR count). The lowest BCUT2D eigenvalue weighted by Crippen LogP contribution is -2.24. The predicted molar refractivity (Wildman–Crippen MR) is 116 cm³/mol. The van der Waals surface area contributed by atoms with Gasteiger partial charge in [0.25, 0.3) is 0 Å². The van der Waals surface area contributed by atoms with Gasteiger partial charge >= 0.3 is 0 Å². The van der Waals surface area contributed by atoms with E-state index in [1.54, 1.807) is 0 Å². The Morgan fingerprint density at radius 2 is 1.71 bits per heavy atom. The molecule has 0 spiro atoms. The average molecular weight is 438 g/mol. The zero-order chi connectivity index (χ0) is 16.7. The Bertz CT molecular complexity index is 635. The van der Waals surface area contributed by atoms with Gasteiger partial charge in [0.2, 0.25) is 0 Å². The highest BCUT2D eigenvalue weighted by atomic mass is 127. The first-order chi connectivity index (χ1) is 11.0. The van der Waals surface area contributed by atoms with Crippen LogP contribution >= 0.6 is 24.0 Å². The number of aryl methyl sites for hydroxylation is 2. The number of benzene rings is 2. The van der Waals surface area contributed by atoms with Crippen molar-refractivity contribution in [1.29, 1.82) is 0 Å². The summed E-state index contributed by atoms with van der Waals surface area (Å²) in [6.45, 7) is 5.81. The Morgan fingerprint density at radius 3 is 2.33 bits per heavy atom. The molecule has 130 valence electrons. The maximum atomic E-state index is 5.96. The maximum absolute atomic E-state index is 5.96. The maximum Gasteiger partial charge on any atom is 0.193 e. The van der Waals surface area contributed by atoms with Gasteiger partial charge in [0.15, 0.2) is 5.96 Å². The first-order valence-electron chi connectivity index (χ1n) is 7.96. The van der Waals surface area contributed by atoms with Crippen molar-refractivity contribution in [3.05, 3.63) is 59.7 Å². The molecule has 0 fully saturated rings. The highest BCUT2D eigenvalue weighted by Crippen LogP contribution is 2.13. The number of aliphatic imine (C=N–C) groups is 1. The summed E-state index contributed by atoms with van der Waals surface area (Å²) in [6.07, 6.45) is 0.959. The van der Waals surface area contributed by atoms with E-state index < -0.39 is 0 Å². The number of rotatable bonds is 6. The summed E-state index contributed by atoms with van der Waals surface area (Å²) in [4.78, 5) is 6.63. The van der Waals surface area contributed by atoms with Crippen LogP contribution in [-0.2, 0) is 0 Å². The second kappa shape index (κ2) is 10.2. The first kappa shape index (κ1) is 20.3. The second-order valence-corrected chi connectivity index (χ2v) is 5.88. The molecule has 0 aromatic heterocycles. The third-order valence-corrected chi connectivity index (χ3v) is 3.62. The Morgan fingerprint density at radius 1 is 1.08 bits per heavy atom. The molecule has 3 N–H and O–H groups in total. The van der Waals surface area contributed by atoms with Crippen LogP contribution in [0.2, 0.25) is 0 Å². The second-order valence-electron chi connectivity index (χ2n) is 5.88. The fourth-order valence-electron chi connectivity index (χ4n) is 2.55. The third-order valence-electron chi connectivity index (χ3n) is 3.62. The number of halogens is 1. The lowest BCUT2D eigenvalue weighted by atomic mass is 10.1. The van der Waals surface area contributed by atoms with E-state index in [9.17, 15) is 0 Å². The van der Waals surface area contributed by atoms with Crippen LogP contribution in [0.15, 0.2) is 53.5 Å². The Hall–Kier alpha value is -1.76. The quantitative estimate of drug-likeness (QED) is 0.308. The van der Waals surface area contributed by atoms with Crippen LogP contribution in [-0.4, -0.2) is 26.1 Å². The van der Waals surface area contributed by atoms with Gasteiger partial charge in [-0.3, -0.25) is 4.99 Å². The van der Waals surface area contributed by atoms with E-state index in [1.807, 2.05) is 6.07 Å². The minimum Gasteiger partial charge on any atom is -0.375 e. The van der Waals surface area contributed by atoms with Crippen molar-refractivity contribution in [2.24, 2.45) is 10.7 Å². The molecule has 0 aliphatic heterocycles. The molecule has 4 nitrogen and oxygen atoms in total. The topological polar surface area (TPSA) is 53.6 Å². The first-order valence-corrected chi connectivity index (χ1v) is 7.96. The van der Waals surface area contributed by atoms with Gasteiger partial charge in [-0.25, -0.2) is 0 Å². The molecule has 24 heavy (non-hydrogen) atoms. The van der Waals surface area contributed by atoms with Crippen molar-refractivity contribution < 1.29 is 0 Å². The van der Waals surface area contributed by atoms with Crippen LogP contribution in [0.5, 0.6) is 0 Å². The van der Waals surface area contributed by atoms with Gasteiger partial charge in [-0.2, -0.15) is 0 Å². The van der Waals surface area contributed by atoms with Crippen molar-refractivity contribution >= 4 is 41.3 Å². The molecule has 0 amide bonds. The molecule has 2 aromatic rings. The van der Waals surface area contributed by atoms with Crippen molar-refractivity contribution in [2.75, 3.05) is 30.4 Å². The summed E-state index contributed by atoms with van der Waals surface area (Å²) in [5, 5.41) is 3.16. The lowest BCUT2D eigenvalue weighted by Gasteiger charge is -2.18. The number of anilines is 2. The molecule has 0 saturated carbocycles. The van der Waals surface area contributed by atoms with Crippen LogP contribution in [0.4, 0.5) is 11.4 Å². The van der Waals surface area contributed by atoms with Crippen molar-refractivity contribution in [3.8, 4) is 0 Å². The van der Waals surface area contributed by atoms with E-state index in [4.69, 9.17) is 5.73 Å². The molecule has 0 saturated heterocycles. The van der Waals surface area contributed by atoms with Gasteiger partial charge in [-0.15, -0.1) is 24.0 Å². The molecule has 5 heteroatoms. The van der Waals surface area contributed by atoms with Gasteiger partial charge in [0, 0.05) is 31.5 Å². The summed E-state index contributed by atoms with van der Waals surface area (Å²) in [7, 11) is 2.09. The zero-order valence-corrected chi connectivity index (χ0v) is 17.0. The molecule has 0 radical (unpaired) electrons. The van der Waals surface area contributed by atoms with Crippen LogP contribution in [0.25, 0.3) is 0 Å². The van der Waals surface area contributed by atoms with Gasteiger partial charge in [0.1, 0.15) is 0 Å². The smallest absolute Gasteiger partial charge is 0.193 e. The van der Waals surface area contributed by atoms with Gasteiger partial charge < -0.3 is 16.0 Å². The average Bonchev–Trinajstić information content (AvgIpc) is 2.51. The van der Waals surface area contributed by atoms with Crippen LogP contribution in [0, 0.1) is 13.8 Å². The van der Waals surface area contributed by atoms with Crippen LogP contribution < -0.4 is 16.0 Å². The van der Waals surface area contributed by atoms with Crippen molar-refractivity contribution in [2.45, 2.75) is 20.3 Å². The molecule has 0 aliphatic carbocycles. The van der Waals surface area contributed by atoms with Crippen LogP contribution in [0.1, 0.15) is 17.5 Å². The fourth-order valence-corrected chi connectivity index (χ4v) is 2.55. The highest BCUT2D eigenvalue weighted by Gasteiger charge is 2.00. The summed E-state index contributed by atoms with van der Waals surface area (Å²) in [6, 6.07) is 16.6. The number of nitrogens with zero attached hydrogens (tertiary/aromatic N) is 2. The van der Waals surface area contributed by atoms with E-state index in [0.717, 1.165) is 18.7 Å². The number of hydrogen-bond acceptors (Lipinski definition) is 2. The van der Waals surface area contributed by atoms with E-state index in [0.29, 0.717) is 12.5 Å². The van der Waals surface area contributed by atoms with Crippen molar-refractivity contribution in [1.82, 2.24) is 0 Å². The number of para-hydroxylation sites is 1. The van der Waals surface area contributed by atoms with E-state index in [-0.39, 0.29) is 24.0 Å². The minimum atomic E-state index is 0. The Balaban J connectivity index is 0.00000288. The standard InChI is InChI=1S/C19H26N4.HI/c1-15-12-16(2)14-17(13-15)22-19(20)21-10-7-11-23(3)18-8-5-4-6-9-18;/h4-6,8-9,12-14H,7,10-11H2,1-3H3,(H3,20,21,22);1H. The largest absolute Gasteiger partial charge is 0.375 e. The van der Waals surface area contributed by atoms with Gasteiger partial charge in [0.05, 0.1) is 0 Å². The SMILES string of the molecule is Cc1cc(C)cc(NC(N)=NCCCN(C)c2ccccc2)c1.I. The number of guanidine groups is 1. The fraction of sp³-hybridized carbons (Fsp3) is 0.316. The summed E-state index contributed by atoms with van der Waals surface area (Å²) >= 11 is 0. The molecular weight excluding hydrogens is 411 g/mol. The van der Waals surface area contributed by atoms with Gasteiger partial charge in [-0.05, 0) is 55.7 Å². The molecule has 0 bridgehead atoms. The summed E-state index contributed by atoms with van der Waals surface area (Å²) < 4.78 is 0. The van der Waals surface area contributed by atoms with Crippen LogP contribution in [0.3, 0.4) is 0 Å². The Labute approximate surface area is 162 Å². The van der Waals surface area contributed by atoms with E-state index >= 15 is 0 Å². The normalized spacial score (nSPS) is 10.9. The predicted octanol–water partition coefficient (Wildman–Crippen LogP) is 4.17. The summed E-state index contributed by atoms with van der Waals surface area (Å²) in [5.74, 6) is 0.470. The molecule has 0 unspecified atom stereocenters. The third kappa shape index (κ3) is 6.78. The number of hydrogen-bond donors (Lipinski definition) is 2. The highest BCUT2D eigenvalue weighted by molar-refractivity contribution is 14.0. The number of nitrogens with one attached hydrogen (secondary N) is 1. The lowest BCUT2D eigenvalue weighted by molar-refractivity contribution is 0.795. The van der Waals surface area contributed by atoms with Gasteiger partial charge in [-0.1, -0.05) is 24.3 Å². The monoisotopic (exact) mass is 438 g/mol. The summed E-state index contributed by atoms with van der Waals surface area (Å²) in [5.41, 5.74) is 10.6. The molecule has 0 atom stereocenters.